The number of nitrogens with zero attached hydrogens (tertiary/aromatic N) is 3. The molecule has 0 radical (unpaired) electrons. The second-order valence-electron chi connectivity index (χ2n) is 5.40. The second kappa shape index (κ2) is 8.48. The molecule has 0 aliphatic carbocycles. The highest BCUT2D eigenvalue weighted by Crippen LogP contribution is 2.11. The maximum absolute atomic E-state index is 12.4. The number of carbonyl (C=O) groups is 2. The average molecular weight is 305 g/mol. The largest absolute Gasteiger partial charge is 0.383 e. The van der Waals surface area contributed by atoms with Gasteiger partial charge in [0.1, 0.15) is 0 Å². The van der Waals surface area contributed by atoms with Crippen molar-refractivity contribution in [1.82, 2.24) is 14.8 Å². The summed E-state index contributed by atoms with van der Waals surface area (Å²) in [5, 5.41) is 0. The topological polar surface area (TPSA) is 62.7 Å². The third-order valence-corrected chi connectivity index (χ3v) is 3.81. The summed E-state index contributed by atoms with van der Waals surface area (Å²) in [6, 6.07) is 3.80. The number of aromatic nitrogens is 1. The van der Waals surface area contributed by atoms with Gasteiger partial charge in [-0.3, -0.25) is 14.6 Å². The zero-order chi connectivity index (χ0) is 15.8. The van der Waals surface area contributed by atoms with Crippen LogP contribution in [0.5, 0.6) is 0 Å². The summed E-state index contributed by atoms with van der Waals surface area (Å²) >= 11 is 0. The summed E-state index contributed by atoms with van der Waals surface area (Å²) in [7, 11) is 1.62. The molecule has 0 bridgehead atoms. The van der Waals surface area contributed by atoms with E-state index in [0.717, 1.165) is 18.5 Å². The van der Waals surface area contributed by atoms with Crippen LogP contribution in [0.15, 0.2) is 24.5 Å². The molecule has 1 saturated heterocycles. The average Bonchev–Trinajstić information content (AvgIpc) is 2.95. The fourth-order valence-corrected chi connectivity index (χ4v) is 2.53. The Morgan fingerprint density at radius 1 is 1.41 bits per heavy atom. The predicted octanol–water partition coefficient (Wildman–Crippen LogP) is 1.07. The molecule has 2 amide bonds. The van der Waals surface area contributed by atoms with E-state index in [-0.39, 0.29) is 11.8 Å². The number of carbonyl (C=O) groups excluding carboxylic acids is 2. The minimum Gasteiger partial charge on any atom is -0.383 e. The molecule has 0 unspecified atom stereocenters. The van der Waals surface area contributed by atoms with Crippen LogP contribution in [0.4, 0.5) is 0 Å². The first-order valence-corrected chi connectivity index (χ1v) is 7.64. The number of hydrogen-bond acceptors (Lipinski definition) is 4. The Bertz CT molecular complexity index is 493. The molecule has 120 valence electrons. The lowest BCUT2D eigenvalue weighted by molar-refractivity contribution is -0.134. The summed E-state index contributed by atoms with van der Waals surface area (Å²) in [5.74, 6) is 0.207. The van der Waals surface area contributed by atoms with Crippen LogP contribution in [0, 0.1) is 0 Å². The van der Waals surface area contributed by atoms with Crippen molar-refractivity contribution in [3.05, 3.63) is 30.1 Å². The van der Waals surface area contributed by atoms with E-state index in [4.69, 9.17) is 4.74 Å². The SMILES string of the molecule is COCCN(Cc1ccncc1)C(=O)CCN1CCCC1=O. The highest BCUT2D eigenvalue weighted by molar-refractivity contribution is 5.80. The number of amides is 2. The fraction of sp³-hybridized carbons (Fsp3) is 0.562. The van der Waals surface area contributed by atoms with Gasteiger partial charge in [-0.15, -0.1) is 0 Å². The van der Waals surface area contributed by atoms with Gasteiger partial charge in [0.05, 0.1) is 6.61 Å². The van der Waals surface area contributed by atoms with Crippen LogP contribution in [0.2, 0.25) is 0 Å². The Hall–Kier alpha value is -1.95. The normalized spacial score (nSPS) is 14.4. The highest BCUT2D eigenvalue weighted by Gasteiger charge is 2.22. The van der Waals surface area contributed by atoms with Gasteiger partial charge in [-0.25, -0.2) is 0 Å². The molecule has 1 aliphatic heterocycles. The number of methoxy groups -OCH3 is 1. The molecule has 0 atom stereocenters. The lowest BCUT2D eigenvalue weighted by atomic mass is 10.2. The van der Waals surface area contributed by atoms with Crippen LogP contribution < -0.4 is 0 Å². The van der Waals surface area contributed by atoms with Crippen molar-refractivity contribution in [1.29, 1.82) is 0 Å². The Morgan fingerprint density at radius 3 is 2.82 bits per heavy atom. The minimum atomic E-state index is 0.0496. The number of rotatable bonds is 8. The maximum atomic E-state index is 12.4. The molecule has 6 heteroatoms. The van der Waals surface area contributed by atoms with Crippen molar-refractivity contribution in [2.24, 2.45) is 0 Å². The van der Waals surface area contributed by atoms with Crippen LogP contribution in [0.25, 0.3) is 0 Å². The van der Waals surface area contributed by atoms with Gasteiger partial charge in [0.2, 0.25) is 11.8 Å². The summed E-state index contributed by atoms with van der Waals surface area (Å²) in [6.07, 6.45) is 5.31. The van der Waals surface area contributed by atoms with Crippen LogP contribution in [-0.2, 0) is 20.9 Å². The molecule has 0 saturated carbocycles. The molecule has 0 aromatic carbocycles. The van der Waals surface area contributed by atoms with Gasteiger partial charge in [-0.2, -0.15) is 0 Å². The Labute approximate surface area is 131 Å². The zero-order valence-electron chi connectivity index (χ0n) is 13.0. The molecule has 2 heterocycles. The molecular weight excluding hydrogens is 282 g/mol. The second-order valence-corrected chi connectivity index (χ2v) is 5.40. The quantitative estimate of drug-likeness (QED) is 0.721. The van der Waals surface area contributed by atoms with Crippen molar-refractivity contribution in [2.45, 2.75) is 25.8 Å². The van der Waals surface area contributed by atoms with E-state index in [1.54, 1.807) is 29.3 Å². The monoisotopic (exact) mass is 305 g/mol. The molecule has 1 aromatic rings. The Kier molecular flexibility index (Phi) is 6.33. The summed E-state index contributed by atoms with van der Waals surface area (Å²) < 4.78 is 5.08. The van der Waals surface area contributed by atoms with Gasteiger partial charge in [-0.05, 0) is 24.1 Å². The van der Waals surface area contributed by atoms with Gasteiger partial charge in [0, 0.05) is 58.5 Å². The number of pyridine rings is 1. The summed E-state index contributed by atoms with van der Waals surface area (Å²) in [4.78, 5) is 31.6. The number of likely N-dealkylation sites (tertiary alicyclic amines) is 1. The Morgan fingerprint density at radius 2 is 2.18 bits per heavy atom. The van der Waals surface area contributed by atoms with Gasteiger partial charge >= 0.3 is 0 Å². The molecule has 1 aromatic heterocycles. The highest BCUT2D eigenvalue weighted by atomic mass is 16.5. The third kappa shape index (κ3) is 4.80. The van der Waals surface area contributed by atoms with Crippen molar-refractivity contribution < 1.29 is 14.3 Å². The summed E-state index contributed by atoms with van der Waals surface area (Å²) in [6.45, 7) is 2.87. The third-order valence-electron chi connectivity index (χ3n) is 3.81. The first-order chi connectivity index (χ1) is 10.7. The van der Waals surface area contributed by atoms with E-state index < -0.39 is 0 Å². The van der Waals surface area contributed by atoms with E-state index in [1.165, 1.54) is 0 Å². The molecular formula is C16H23N3O3. The van der Waals surface area contributed by atoms with Crippen LogP contribution in [-0.4, -0.2) is 59.9 Å². The van der Waals surface area contributed by atoms with Gasteiger partial charge in [-0.1, -0.05) is 0 Å². The smallest absolute Gasteiger partial charge is 0.224 e. The zero-order valence-corrected chi connectivity index (χ0v) is 13.0. The lowest BCUT2D eigenvalue weighted by Gasteiger charge is -2.24. The van der Waals surface area contributed by atoms with E-state index in [0.29, 0.717) is 39.1 Å². The minimum absolute atomic E-state index is 0.0496. The van der Waals surface area contributed by atoms with Crippen LogP contribution >= 0.6 is 0 Å². The van der Waals surface area contributed by atoms with E-state index >= 15 is 0 Å². The van der Waals surface area contributed by atoms with Crippen molar-refractivity contribution in [3.8, 4) is 0 Å². The molecule has 1 aliphatic rings. The fourth-order valence-electron chi connectivity index (χ4n) is 2.53. The molecule has 6 nitrogen and oxygen atoms in total. The molecule has 0 spiro atoms. The maximum Gasteiger partial charge on any atom is 0.224 e. The van der Waals surface area contributed by atoms with Crippen LogP contribution in [0.1, 0.15) is 24.8 Å². The molecule has 22 heavy (non-hydrogen) atoms. The molecule has 0 N–H and O–H groups in total. The van der Waals surface area contributed by atoms with E-state index in [9.17, 15) is 9.59 Å². The van der Waals surface area contributed by atoms with Gasteiger partial charge in [0.15, 0.2) is 0 Å². The van der Waals surface area contributed by atoms with E-state index in [1.807, 2.05) is 12.1 Å². The Balaban J connectivity index is 1.89. The standard InChI is InChI=1S/C16H23N3O3/c1-22-12-11-19(13-14-4-7-17-8-5-14)16(21)6-10-18-9-2-3-15(18)20/h4-5,7-8H,2-3,6,9-13H2,1H3. The van der Waals surface area contributed by atoms with Gasteiger partial charge < -0.3 is 14.5 Å². The first-order valence-electron chi connectivity index (χ1n) is 7.64. The first kappa shape index (κ1) is 16.4. The van der Waals surface area contributed by atoms with Gasteiger partial charge in [0.25, 0.3) is 0 Å². The number of ether oxygens (including phenoxy) is 1. The van der Waals surface area contributed by atoms with Crippen LogP contribution in [0.3, 0.4) is 0 Å². The van der Waals surface area contributed by atoms with Crippen molar-refractivity contribution in [2.75, 3.05) is 33.4 Å². The predicted molar refractivity (Wildman–Crippen MR) is 82.0 cm³/mol. The van der Waals surface area contributed by atoms with E-state index in [2.05, 4.69) is 4.98 Å². The molecule has 1 fully saturated rings. The number of hydrogen-bond donors (Lipinski definition) is 0. The van der Waals surface area contributed by atoms with Crippen molar-refractivity contribution >= 4 is 11.8 Å². The van der Waals surface area contributed by atoms with Crippen molar-refractivity contribution in [3.63, 3.8) is 0 Å². The summed E-state index contributed by atoms with van der Waals surface area (Å²) in [5.41, 5.74) is 1.04. The molecule has 2 rings (SSSR count). The lowest BCUT2D eigenvalue weighted by Crippen LogP contribution is -2.36.